The van der Waals surface area contributed by atoms with Crippen molar-refractivity contribution in [2.24, 2.45) is 0 Å². The molecule has 4 rings (SSSR count). The van der Waals surface area contributed by atoms with Crippen LogP contribution in [0.25, 0.3) is 11.3 Å². The van der Waals surface area contributed by atoms with E-state index in [-0.39, 0.29) is 0 Å². The first kappa shape index (κ1) is 11.7. The van der Waals surface area contributed by atoms with Crippen LogP contribution in [-0.4, -0.2) is 4.98 Å². The van der Waals surface area contributed by atoms with Crippen LogP contribution < -0.4 is 5.73 Å². The van der Waals surface area contributed by atoms with Gasteiger partial charge in [-0.05, 0) is 23.3 Å². The van der Waals surface area contributed by atoms with Crippen LogP contribution in [-0.2, 0) is 12.8 Å². The van der Waals surface area contributed by atoms with Crippen LogP contribution in [0.1, 0.15) is 21.0 Å². The summed E-state index contributed by atoms with van der Waals surface area (Å²) in [4.78, 5) is 6.24. The Morgan fingerprint density at radius 2 is 1.85 bits per heavy atom. The van der Waals surface area contributed by atoms with Crippen LogP contribution in [0.5, 0.6) is 0 Å². The van der Waals surface area contributed by atoms with Gasteiger partial charge in [-0.1, -0.05) is 36.4 Å². The first-order chi connectivity index (χ1) is 9.79. The fourth-order valence-corrected chi connectivity index (χ4v) is 3.83. The molecule has 0 saturated heterocycles. The maximum absolute atomic E-state index is 5.72. The van der Waals surface area contributed by atoms with Crippen molar-refractivity contribution in [1.82, 2.24) is 4.98 Å². The van der Waals surface area contributed by atoms with Crippen molar-refractivity contribution in [2.75, 3.05) is 5.73 Å². The fraction of sp³-hybridized carbons (Fsp3) is 0.118. The number of nitrogen functional groups attached to an aromatic ring is 1. The summed E-state index contributed by atoms with van der Waals surface area (Å²) >= 11 is 1.84. The van der Waals surface area contributed by atoms with E-state index >= 15 is 0 Å². The highest BCUT2D eigenvalue weighted by Gasteiger charge is 2.22. The number of anilines is 1. The summed E-state index contributed by atoms with van der Waals surface area (Å²) in [6.45, 7) is 0. The van der Waals surface area contributed by atoms with Gasteiger partial charge < -0.3 is 5.73 Å². The minimum Gasteiger partial charge on any atom is -0.399 e. The summed E-state index contributed by atoms with van der Waals surface area (Å²) in [6, 6.07) is 16.6. The third-order valence-corrected chi connectivity index (χ3v) is 4.76. The van der Waals surface area contributed by atoms with Crippen LogP contribution in [0.2, 0.25) is 0 Å². The van der Waals surface area contributed by atoms with Gasteiger partial charge in [-0.15, -0.1) is 11.3 Å². The molecule has 0 aliphatic heterocycles. The first-order valence-electron chi connectivity index (χ1n) is 6.71. The van der Waals surface area contributed by atoms with Gasteiger partial charge in [-0.2, -0.15) is 0 Å². The Labute approximate surface area is 121 Å². The number of hydrogen-bond donors (Lipinski definition) is 1. The van der Waals surface area contributed by atoms with E-state index in [0.717, 1.165) is 18.5 Å². The van der Waals surface area contributed by atoms with Crippen LogP contribution in [0.4, 0.5) is 5.69 Å². The molecular formula is C17H14N2S. The van der Waals surface area contributed by atoms with Crippen LogP contribution in [0.3, 0.4) is 0 Å². The molecule has 1 aromatic heterocycles. The molecule has 3 heteroatoms. The molecule has 0 amide bonds. The monoisotopic (exact) mass is 278 g/mol. The second-order valence-electron chi connectivity index (χ2n) is 5.13. The second kappa shape index (κ2) is 4.46. The maximum atomic E-state index is 5.72. The minimum absolute atomic E-state index is 0.810. The highest BCUT2D eigenvalue weighted by molar-refractivity contribution is 7.12. The van der Waals surface area contributed by atoms with Gasteiger partial charge >= 0.3 is 0 Å². The predicted octanol–water partition coefficient (Wildman–Crippen LogP) is 3.89. The lowest BCUT2D eigenvalue weighted by Crippen LogP contribution is -1.90. The summed E-state index contributed by atoms with van der Waals surface area (Å²) in [5.74, 6) is 0. The predicted molar refractivity (Wildman–Crippen MR) is 84.0 cm³/mol. The Morgan fingerprint density at radius 1 is 1.05 bits per heavy atom. The number of nitrogens with two attached hydrogens (primary N) is 1. The molecule has 0 unspecified atom stereocenters. The molecule has 0 spiro atoms. The van der Waals surface area contributed by atoms with Gasteiger partial charge in [0.2, 0.25) is 0 Å². The van der Waals surface area contributed by atoms with Gasteiger partial charge in [0.05, 0.1) is 10.7 Å². The van der Waals surface area contributed by atoms with E-state index in [1.165, 1.54) is 32.3 Å². The number of aromatic nitrogens is 1. The number of thiazole rings is 1. The maximum Gasteiger partial charge on any atom is 0.0979 e. The minimum atomic E-state index is 0.810. The van der Waals surface area contributed by atoms with Crippen molar-refractivity contribution < 1.29 is 0 Å². The summed E-state index contributed by atoms with van der Waals surface area (Å²) in [5.41, 5.74) is 11.7. The zero-order chi connectivity index (χ0) is 13.5. The average molecular weight is 278 g/mol. The van der Waals surface area contributed by atoms with E-state index in [4.69, 9.17) is 10.7 Å². The normalized spacial score (nSPS) is 12.2. The summed E-state index contributed by atoms with van der Waals surface area (Å²) in [7, 11) is 0. The molecule has 1 heterocycles. The van der Waals surface area contributed by atoms with Crippen LogP contribution in [0, 0.1) is 0 Å². The van der Waals surface area contributed by atoms with Crippen molar-refractivity contribution in [3.05, 3.63) is 69.5 Å². The molecule has 2 N–H and O–H groups in total. The topological polar surface area (TPSA) is 38.9 Å². The zero-order valence-corrected chi connectivity index (χ0v) is 11.8. The molecule has 0 saturated carbocycles. The molecule has 0 fully saturated rings. The van der Waals surface area contributed by atoms with Crippen molar-refractivity contribution in [3.63, 3.8) is 0 Å². The lowest BCUT2D eigenvalue weighted by molar-refractivity contribution is 1.14. The Bertz CT molecular complexity index is 772. The molecule has 20 heavy (non-hydrogen) atoms. The molecule has 1 aliphatic carbocycles. The largest absolute Gasteiger partial charge is 0.399 e. The highest BCUT2D eigenvalue weighted by Crippen LogP contribution is 2.39. The van der Waals surface area contributed by atoms with E-state index in [1.807, 2.05) is 23.5 Å². The first-order valence-corrected chi connectivity index (χ1v) is 7.52. The van der Waals surface area contributed by atoms with Crippen molar-refractivity contribution >= 4 is 17.0 Å². The molecule has 2 nitrogen and oxygen atoms in total. The third-order valence-electron chi connectivity index (χ3n) is 3.70. The summed E-state index contributed by atoms with van der Waals surface area (Å²) in [5, 5.41) is 1.19. The van der Waals surface area contributed by atoms with Gasteiger partial charge in [-0.3, -0.25) is 0 Å². The van der Waals surface area contributed by atoms with Gasteiger partial charge in [0.25, 0.3) is 0 Å². The Hall–Kier alpha value is -2.13. The Kier molecular flexibility index (Phi) is 2.60. The van der Waals surface area contributed by atoms with Gasteiger partial charge in [0.1, 0.15) is 0 Å². The molecule has 0 atom stereocenters. The number of hydrogen-bond acceptors (Lipinski definition) is 3. The number of rotatable bonds is 2. The number of fused-ring (bicyclic) bond motifs is 3. The second-order valence-corrected chi connectivity index (χ2v) is 6.30. The standard InChI is InChI=1S/C17H14N2S/c18-13-7-5-11(6-8-13)9-16-19-17-14-4-2-1-3-12(14)10-15(17)20-16/h1-8H,9-10,18H2. The van der Waals surface area contributed by atoms with Crippen LogP contribution in [0.15, 0.2) is 48.5 Å². The Morgan fingerprint density at radius 3 is 2.70 bits per heavy atom. The number of nitrogens with zero attached hydrogens (tertiary/aromatic N) is 1. The van der Waals surface area contributed by atoms with Gasteiger partial charge in [-0.25, -0.2) is 4.98 Å². The van der Waals surface area contributed by atoms with Crippen molar-refractivity contribution in [3.8, 4) is 11.3 Å². The third kappa shape index (κ3) is 1.91. The number of benzene rings is 2. The van der Waals surface area contributed by atoms with E-state index in [2.05, 4.69) is 36.4 Å². The SMILES string of the molecule is Nc1ccc(Cc2nc3c(s2)Cc2ccccc2-3)cc1. The fourth-order valence-electron chi connectivity index (χ4n) is 2.69. The lowest BCUT2D eigenvalue weighted by atomic mass is 10.1. The molecule has 98 valence electrons. The van der Waals surface area contributed by atoms with Crippen molar-refractivity contribution in [1.29, 1.82) is 0 Å². The van der Waals surface area contributed by atoms with Crippen LogP contribution >= 0.6 is 11.3 Å². The Balaban J connectivity index is 1.66. The molecule has 0 radical (unpaired) electrons. The van der Waals surface area contributed by atoms with Gasteiger partial charge in [0, 0.05) is 29.0 Å². The van der Waals surface area contributed by atoms with E-state index in [1.54, 1.807) is 0 Å². The summed E-state index contributed by atoms with van der Waals surface area (Å²) < 4.78 is 0. The molecule has 2 aromatic carbocycles. The van der Waals surface area contributed by atoms with Gasteiger partial charge in [0.15, 0.2) is 0 Å². The quantitative estimate of drug-likeness (QED) is 0.565. The van der Waals surface area contributed by atoms with E-state index in [9.17, 15) is 0 Å². The van der Waals surface area contributed by atoms with Crippen molar-refractivity contribution in [2.45, 2.75) is 12.8 Å². The van der Waals surface area contributed by atoms with E-state index < -0.39 is 0 Å². The molecular weight excluding hydrogens is 264 g/mol. The van der Waals surface area contributed by atoms with E-state index in [0.29, 0.717) is 0 Å². The molecule has 0 bridgehead atoms. The highest BCUT2D eigenvalue weighted by atomic mass is 32.1. The zero-order valence-electron chi connectivity index (χ0n) is 11.0. The smallest absolute Gasteiger partial charge is 0.0979 e. The molecule has 3 aromatic rings. The average Bonchev–Trinajstić information content (AvgIpc) is 2.98. The molecule has 1 aliphatic rings. The lowest BCUT2D eigenvalue weighted by Gasteiger charge is -2.00. The summed E-state index contributed by atoms with van der Waals surface area (Å²) in [6.07, 6.45) is 1.92.